The van der Waals surface area contributed by atoms with Crippen LogP contribution in [0, 0.1) is 0 Å². The summed E-state index contributed by atoms with van der Waals surface area (Å²) in [5.74, 6) is 2.41. The van der Waals surface area contributed by atoms with E-state index in [-0.39, 0.29) is 5.75 Å². The fourth-order valence-corrected chi connectivity index (χ4v) is 1.48. The van der Waals surface area contributed by atoms with Gasteiger partial charge >= 0.3 is 0 Å². The topological polar surface area (TPSA) is 33.4 Å². The molecule has 0 aliphatic carbocycles. The molecule has 2 aromatic rings. The number of rotatable bonds is 2. The van der Waals surface area contributed by atoms with E-state index in [9.17, 15) is 5.11 Å². The number of phenolic OH excluding ortho intramolecular Hbond substituents is 1. The standard InChI is InChI=1S/C13H14O2/c1-9(2)12-6-7-13(15-12)10-4-3-5-11(14)8-10/h3-9,14H,1-2H3. The van der Waals surface area contributed by atoms with Gasteiger partial charge in [0.15, 0.2) is 0 Å². The highest BCUT2D eigenvalue weighted by Gasteiger charge is 2.07. The van der Waals surface area contributed by atoms with Crippen molar-refractivity contribution in [2.24, 2.45) is 0 Å². The van der Waals surface area contributed by atoms with Crippen molar-refractivity contribution in [3.8, 4) is 17.1 Å². The van der Waals surface area contributed by atoms with E-state index in [0.717, 1.165) is 17.1 Å². The van der Waals surface area contributed by atoms with Crippen LogP contribution in [0.3, 0.4) is 0 Å². The molecule has 2 heteroatoms. The van der Waals surface area contributed by atoms with Gasteiger partial charge in [0.1, 0.15) is 17.3 Å². The summed E-state index contributed by atoms with van der Waals surface area (Å²) in [6.07, 6.45) is 0. The molecule has 0 saturated carbocycles. The van der Waals surface area contributed by atoms with E-state index in [1.165, 1.54) is 0 Å². The average molecular weight is 202 g/mol. The molecule has 0 atom stereocenters. The molecule has 78 valence electrons. The molecular weight excluding hydrogens is 188 g/mol. The second-order valence-electron chi connectivity index (χ2n) is 3.91. The maximum atomic E-state index is 9.35. The normalized spacial score (nSPS) is 10.9. The van der Waals surface area contributed by atoms with Crippen LogP contribution in [0.25, 0.3) is 11.3 Å². The highest BCUT2D eigenvalue weighted by molar-refractivity contribution is 5.59. The molecule has 0 aliphatic rings. The van der Waals surface area contributed by atoms with Crippen LogP contribution in [-0.2, 0) is 0 Å². The minimum atomic E-state index is 0.259. The van der Waals surface area contributed by atoms with Crippen molar-refractivity contribution in [3.63, 3.8) is 0 Å². The van der Waals surface area contributed by atoms with Crippen molar-refractivity contribution < 1.29 is 9.52 Å². The molecular formula is C13H14O2. The largest absolute Gasteiger partial charge is 0.508 e. The van der Waals surface area contributed by atoms with Crippen LogP contribution >= 0.6 is 0 Å². The van der Waals surface area contributed by atoms with Gasteiger partial charge in [-0.3, -0.25) is 0 Å². The number of phenols is 1. The quantitative estimate of drug-likeness (QED) is 0.804. The molecule has 0 bridgehead atoms. The van der Waals surface area contributed by atoms with Gasteiger partial charge in [0, 0.05) is 11.5 Å². The minimum Gasteiger partial charge on any atom is -0.508 e. The maximum Gasteiger partial charge on any atom is 0.134 e. The molecule has 0 aliphatic heterocycles. The zero-order chi connectivity index (χ0) is 10.8. The summed E-state index contributed by atoms with van der Waals surface area (Å²) < 4.78 is 5.68. The minimum absolute atomic E-state index is 0.259. The Morgan fingerprint density at radius 1 is 1.13 bits per heavy atom. The van der Waals surface area contributed by atoms with Gasteiger partial charge in [-0.2, -0.15) is 0 Å². The first-order valence-corrected chi connectivity index (χ1v) is 5.06. The summed E-state index contributed by atoms with van der Waals surface area (Å²) in [4.78, 5) is 0. The van der Waals surface area contributed by atoms with Crippen LogP contribution in [0.4, 0.5) is 0 Å². The number of benzene rings is 1. The average Bonchev–Trinajstić information content (AvgIpc) is 2.66. The van der Waals surface area contributed by atoms with Crippen LogP contribution in [0.1, 0.15) is 25.5 Å². The summed E-state index contributed by atoms with van der Waals surface area (Å²) in [6.45, 7) is 4.18. The smallest absolute Gasteiger partial charge is 0.134 e. The Hall–Kier alpha value is -1.70. The summed E-state index contributed by atoms with van der Waals surface area (Å²) in [5, 5.41) is 9.35. The molecule has 0 fully saturated rings. The summed E-state index contributed by atoms with van der Waals surface area (Å²) in [6, 6.07) is 11.0. The second-order valence-corrected chi connectivity index (χ2v) is 3.91. The molecule has 0 unspecified atom stereocenters. The fourth-order valence-electron chi connectivity index (χ4n) is 1.48. The predicted molar refractivity (Wildman–Crippen MR) is 59.9 cm³/mol. The number of aromatic hydroxyl groups is 1. The number of hydrogen-bond donors (Lipinski definition) is 1. The maximum absolute atomic E-state index is 9.35. The van der Waals surface area contributed by atoms with Crippen LogP contribution in [0.15, 0.2) is 40.8 Å². The SMILES string of the molecule is CC(C)c1ccc(-c2cccc(O)c2)o1. The van der Waals surface area contributed by atoms with Crippen molar-refractivity contribution in [1.29, 1.82) is 0 Å². The molecule has 0 saturated heterocycles. The number of furan rings is 1. The lowest BCUT2D eigenvalue weighted by Crippen LogP contribution is -1.80. The van der Waals surface area contributed by atoms with E-state index in [1.54, 1.807) is 12.1 Å². The van der Waals surface area contributed by atoms with Crippen molar-refractivity contribution in [3.05, 3.63) is 42.2 Å². The fraction of sp³-hybridized carbons (Fsp3) is 0.231. The summed E-state index contributed by atoms with van der Waals surface area (Å²) in [5.41, 5.74) is 0.905. The van der Waals surface area contributed by atoms with Gasteiger partial charge in [-0.05, 0) is 24.3 Å². The lowest BCUT2D eigenvalue weighted by molar-refractivity contribution is 0.474. The zero-order valence-electron chi connectivity index (χ0n) is 8.90. The summed E-state index contributed by atoms with van der Waals surface area (Å²) in [7, 11) is 0. The van der Waals surface area contributed by atoms with Gasteiger partial charge in [0.2, 0.25) is 0 Å². The summed E-state index contributed by atoms with van der Waals surface area (Å²) >= 11 is 0. The van der Waals surface area contributed by atoms with Crippen molar-refractivity contribution >= 4 is 0 Å². The Morgan fingerprint density at radius 3 is 2.53 bits per heavy atom. The van der Waals surface area contributed by atoms with E-state index in [2.05, 4.69) is 13.8 Å². The molecule has 0 amide bonds. The van der Waals surface area contributed by atoms with Crippen LogP contribution in [0.2, 0.25) is 0 Å². The third-order valence-corrected chi connectivity index (χ3v) is 2.33. The third kappa shape index (κ3) is 2.04. The van der Waals surface area contributed by atoms with Gasteiger partial charge in [0.05, 0.1) is 0 Å². The number of hydrogen-bond acceptors (Lipinski definition) is 2. The van der Waals surface area contributed by atoms with Gasteiger partial charge in [-0.25, -0.2) is 0 Å². The second kappa shape index (κ2) is 3.81. The molecule has 1 aromatic heterocycles. The van der Waals surface area contributed by atoms with Gasteiger partial charge in [-0.1, -0.05) is 26.0 Å². The van der Waals surface area contributed by atoms with Gasteiger partial charge in [0.25, 0.3) is 0 Å². The molecule has 1 N–H and O–H groups in total. The van der Waals surface area contributed by atoms with E-state index < -0.39 is 0 Å². The van der Waals surface area contributed by atoms with Crippen LogP contribution < -0.4 is 0 Å². The molecule has 1 heterocycles. The van der Waals surface area contributed by atoms with Crippen molar-refractivity contribution in [2.45, 2.75) is 19.8 Å². The first-order chi connectivity index (χ1) is 7.16. The highest BCUT2D eigenvalue weighted by Crippen LogP contribution is 2.27. The predicted octanol–water partition coefficient (Wildman–Crippen LogP) is 3.78. The van der Waals surface area contributed by atoms with E-state index in [0.29, 0.717) is 5.92 Å². The van der Waals surface area contributed by atoms with E-state index >= 15 is 0 Å². The van der Waals surface area contributed by atoms with Crippen LogP contribution in [0.5, 0.6) is 5.75 Å². The Balaban J connectivity index is 2.37. The monoisotopic (exact) mass is 202 g/mol. The lowest BCUT2D eigenvalue weighted by Gasteiger charge is -2.00. The Morgan fingerprint density at radius 2 is 1.93 bits per heavy atom. The van der Waals surface area contributed by atoms with Crippen LogP contribution in [-0.4, -0.2) is 5.11 Å². The highest BCUT2D eigenvalue weighted by atomic mass is 16.3. The van der Waals surface area contributed by atoms with E-state index in [4.69, 9.17) is 4.42 Å². The zero-order valence-corrected chi connectivity index (χ0v) is 8.90. The first kappa shape index (κ1) is 9.84. The molecule has 0 spiro atoms. The van der Waals surface area contributed by atoms with Gasteiger partial charge < -0.3 is 9.52 Å². The third-order valence-electron chi connectivity index (χ3n) is 2.33. The molecule has 0 radical (unpaired) electrons. The lowest BCUT2D eigenvalue weighted by atomic mass is 10.1. The molecule has 2 rings (SSSR count). The van der Waals surface area contributed by atoms with Crippen molar-refractivity contribution in [1.82, 2.24) is 0 Å². The Kier molecular flexibility index (Phi) is 2.50. The van der Waals surface area contributed by atoms with E-state index in [1.807, 2.05) is 24.3 Å². The first-order valence-electron chi connectivity index (χ1n) is 5.06. The molecule has 15 heavy (non-hydrogen) atoms. The Bertz CT molecular complexity index is 455. The molecule has 2 nitrogen and oxygen atoms in total. The molecule has 1 aromatic carbocycles. The van der Waals surface area contributed by atoms with Gasteiger partial charge in [-0.15, -0.1) is 0 Å². The van der Waals surface area contributed by atoms with Crippen molar-refractivity contribution in [2.75, 3.05) is 0 Å². The Labute approximate surface area is 89.2 Å².